The summed E-state index contributed by atoms with van der Waals surface area (Å²) in [4.78, 5) is 2.01. The van der Waals surface area contributed by atoms with Crippen LogP contribution in [0.3, 0.4) is 0 Å². The first kappa shape index (κ1) is 9.36. The van der Waals surface area contributed by atoms with Crippen molar-refractivity contribution in [3.05, 3.63) is 28.8 Å². The van der Waals surface area contributed by atoms with Gasteiger partial charge in [-0.1, -0.05) is 17.7 Å². The van der Waals surface area contributed by atoms with Crippen LogP contribution in [-0.4, -0.2) is 14.1 Å². The van der Waals surface area contributed by atoms with E-state index in [2.05, 4.69) is 0 Å². The van der Waals surface area contributed by atoms with Gasteiger partial charge in [-0.3, -0.25) is 0 Å². The molecule has 0 bridgehead atoms. The van der Waals surface area contributed by atoms with E-state index in [1.807, 2.05) is 37.2 Å². The maximum absolute atomic E-state index is 5.97. The number of benzene rings is 1. The zero-order valence-corrected chi connectivity index (χ0v) is 8.10. The smallest absolute Gasteiger partial charge is 0.0471 e. The van der Waals surface area contributed by atoms with Gasteiger partial charge < -0.3 is 10.6 Å². The molecule has 0 aromatic heterocycles. The summed E-state index contributed by atoms with van der Waals surface area (Å²) in [5.74, 6) is 0. The quantitative estimate of drug-likeness (QED) is 0.761. The van der Waals surface area contributed by atoms with Gasteiger partial charge in [0.1, 0.15) is 0 Å². The molecule has 12 heavy (non-hydrogen) atoms. The molecule has 1 aromatic carbocycles. The SMILES string of the molecule is CN(C)c1cccc(Cl)c1CN. The lowest BCUT2D eigenvalue weighted by atomic mass is 10.1. The number of hydrogen-bond donors (Lipinski definition) is 1. The number of halogens is 1. The predicted molar refractivity (Wildman–Crippen MR) is 53.7 cm³/mol. The molecular formula is C9H13ClN2. The summed E-state index contributed by atoms with van der Waals surface area (Å²) in [6, 6.07) is 5.79. The number of rotatable bonds is 2. The largest absolute Gasteiger partial charge is 0.377 e. The molecule has 0 saturated heterocycles. The Kier molecular flexibility index (Phi) is 2.95. The predicted octanol–water partition coefficient (Wildman–Crippen LogP) is 1.86. The third kappa shape index (κ3) is 1.71. The molecule has 3 heteroatoms. The van der Waals surface area contributed by atoms with E-state index in [0.717, 1.165) is 16.3 Å². The monoisotopic (exact) mass is 184 g/mol. The van der Waals surface area contributed by atoms with E-state index >= 15 is 0 Å². The molecule has 1 rings (SSSR count). The maximum Gasteiger partial charge on any atom is 0.0471 e. The second-order valence-electron chi connectivity index (χ2n) is 2.84. The molecule has 0 fully saturated rings. The Balaban J connectivity index is 3.18. The standard InChI is InChI=1S/C9H13ClN2/c1-12(2)9-5-3-4-8(10)7(9)6-11/h3-5H,6,11H2,1-2H3. The van der Waals surface area contributed by atoms with Crippen molar-refractivity contribution in [1.82, 2.24) is 0 Å². The van der Waals surface area contributed by atoms with Crippen molar-refractivity contribution in [2.24, 2.45) is 5.73 Å². The van der Waals surface area contributed by atoms with Crippen LogP contribution in [0.25, 0.3) is 0 Å². The van der Waals surface area contributed by atoms with Crippen LogP contribution in [-0.2, 0) is 6.54 Å². The van der Waals surface area contributed by atoms with Crippen LogP contribution >= 0.6 is 11.6 Å². The molecule has 1 aromatic rings. The molecule has 0 aliphatic heterocycles. The van der Waals surface area contributed by atoms with Crippen LogP contribution in [0, 0.1) is 0 Å². The number of nitrogens with zero attached hydrogens (tertiary/aromatic N) is 1. The minimum absolute atomic E-state index is 0.479. The van der Waals surface area contributed by atoms with Crippen LogP contribution in [0.15, 0.2) is 18.2 Å². The molecule has 0 atom stereocenters. The van der Waals surface area contributed by atoms with E-state index in [-0.39, 0.29) is 0 Å². The average molecular weight is 185 g/mol. The normalized spacial score (nSPS) is 10.0. The summed E-state index contributed by atoms with van der Waals surface area (Å²) < 4.78 is 0. The molecule has 0 aliphatic rings. The first-order valence-corrected chi connectivity index (χ1v) is 4.19. The zero-order chi connectivity index (χ0) is 9.14. The fraction of sp³-hybridized carbons (Fsp3) is 0.333. The van der Waals surface area contributed by atoms with E-state index in [0.29, 0.717) is 6.54 Å². The van der Waals surface area contributed by atoms with Gasteiger partial charge in [0.2, 0.25) is 0 Å². The highest BCUT2D eigenvalue weighted by atomic mass is 35.5. The number of nitrogens with two attached hydrogens (primary N) is 1. The highest BCUT2D eigenvalue weighted by Crippen LogP contribution is 2.25. The summed E-state index contributed by atoms with van der Waals surface area (Å²) in [5, 5.41) is 0.740. The average Bonchev–Trinajstić information content (AvgIpc) is 2.03. The van der Waals surface area contributed by atoms with Crippen molar-refractivity contribution in [3.63, 3.8) is 0 Å². The van der Waals surface area contributed by atoms with Crippen molar-refractivity contribution in [3.8, 4) is 0 Å². The van der Waals surface area contributed by atoms with Gasteiger partial charge in [-0.2, -0.15) is 0 Å². The van der Waals surface area contributed by atoms with Crippen molar-refractivity contribution in [2.75, 3.05) is 19.0 Å². The Labute approximate surface area is 77.9 Å². The minimum atomic E-state index is 0.479. The van der Waals surface area contributed by atoms with Gasteiger partial charge in [0.05, 0.1) is 0 Å². The maximum atomic E-state index is 5.97. The molecular weight excluding hydrogens is 172 g/mol. The second-order valence-corrected chi connectivity index (χ2v) is 3.24. The van der Waals surface area contributed by atoms with Crippen molar-refractivity contribution < 1.29 is 0 Å². The molecule has 66 valence electrons. The fourth-order valence-electron chi connectivity index (χ4n) is 1.17. The number of anilines is 1. The van der Waals surface area contributed by atoms with Gasteiger partial charge in [0.25, 0.3) is 0 Å². The highest BCUT2D eigenvalue weighted by Gasteiger charge is 2.05. The van der Waals surface area contributed by atoms with Crippen LogP contribution in [0.2, 0.25) is 5.02 Å². The van der Waals surface area contributed by atoms with Crippen LogP contribution in [0.1, 0.15) is 5.56 Å². The van der Waals surface area contributed by atoms with Crippen molar-refractivity contribution >= 4 is 17.3 Å². The first-order chi connectivity index (χ1) is 5.66. The molecule has 0 spiro atoms. The van der Waals surface area contributed by atoms with Gasteiger partial charge in [0, 0.05) is 36.9 Å². The van der Waals surface area contributed by atoms with E-state index < -0.39 is 0 Å². The lowest BCUT2D eigenvalue weighted by Crippen LogP contribution is -2.13. The third-order valence-corrected chi connectivity index (χ3v) is 2.13. The Morgan fingerprint density at radius 3 is 2.50 bits per heavy atom. The van der Waals surface area contributed by atoms with E-state index in [1.165, 1.54) is 0 Å². The van der Waals surface area contributed by atoms with E-state index in [1.54, 1.807) is 0 Å². The lowest BCUT2D eigenvalue weighted by molar-refractivity contribution is 1.03. The summed E-state index contributed by atoms with van der Waals surface area (Å²) in [6.07, 6.45) is 0. The minimum Gasteiger partial charge on any atom is -0.377 e. The number of hydrogen-bond acceptors (Lipinski definition) is 2. The van der Waals surface area contributed by atoms with Crippen molar-refractivity contribution in [2.45, 2.75) is 6.54 Å². The molecule has 0 amide bonds. The Bertz CT molecular complexity index is 271. The van der Waals surface area contributed by atoms with Gasteiger partial charge >= 0.3 is 0 Å². The Hall–Kier alpha value is -0.730. The lowest BCUT2D eigenvalue weighted by Gasteiger charge is -2.17. The highest BCUT2D eigenvalue weighted by molar-refractivity contribution is 6.31. The van der Waals surface area contributed by atoms with Crippen LogP contribution in [0.4, 0.5) is 5.69 Å². The molecule has 0 saturated carbocycles. The molecule has 0 heterocycles. The molecule has 2 N–H and O–H groups in total. The topological polar surface area (TPSA) is 29.3 Å². The van der Waals surface area contributed by atoms with E-state index in [9.17, 15) is 0 Å². The molecule has 0 radical (unpaired) electrons. The summed E-state index contributed by atoms with van der Waals surface area (Å²) >= 11 is 5.97. The summed E-state index contributed by atoms with van der Waals surface area (Å²) in [5.41, 5.74) is 7.67. The summed E-state index contributed by atoms with van der Waals surface area (Å²) in [7, 11) is 3.95. The second kappa shape index (κ2) is 3.78. The molecule has 2 nitrogen and oxygen atoms in total. The summed E-state index contributed by atoms with van der Waals surface area (Å²) in [6.45, 7) is 0.479. The fourth-order valence-corrected chi connectivity index (χ4v) is 1.42. The zero-order valence-electron chi connectivity index (χ0n) is 7.34. The van der Waals surface area contributed by atoms with Crippen molar-refractivity contribution in [1.29, 1.82) is 0 Å². The van der Waals surface area contributed by atoms with Gasteiger partial charge in [-0.05, 0) is 12.1 Å². The Morgan fingerprint density at radius 2 is 2.08 bits per heavy atom. The molecule has 0 aliphatic carbocycles. The van der Waals surface area contributed by atoms with E-state index in [4.69, 9.17) is 17.3 Å². The molecule has 0 unspecified atom stereocenters. The van der Waals surface area contributed by atoms with Crippen LogP contribution < -0.4 is 10.6 Å². The van der Waals surface area contributed by atoms with Gasteiger partial charge in [0.15, 0.2) is 0 Å². The third-order valence-electron chi connectivity index (χ3n) is 1.78. The van der Waals surface area contributed by atoms with Gasteiger partial charge in [-0.25, -0.2) is 0 Å². The van der Waals surface area contributed by atoms with Crippen LogP contribution in [0.5, 0.6) is 0 Å². The van der Waals surface area contributed by atoms with Gasteiger partial charge in [-0.15, -0.1) is 0 Å². The Morgan fingerprint density at radius 1 is 1.42 bits per heavy atom. The first-order valence-electron chi connectivity index (χ1n) is 3.81.